The van der Waals surface area contributed by atoms with Crippen LogP contribution >= 0.6 is 0 Å². The number of amides is 2. The van der Waals surface area contributed by atoms with Crippen molar-refractivity contribution in [3.63, 3.8) is 0 Å². The lowest BCUT2D eigenvalue weighted by atomic mass is 10.1. The molecule has 0 unspecified atom stereocenters. The molecular weight excluding hydrogens is 228 g/mol. The lowest BCUT2D eigenvalue weighted by Gasteiger charge is -1.97. The molecule has 0 aromatic heterocycles. The average Bonchev–Trinajstić information content (AvgIpc) is 2.35. The minimum atomic E-state index is -0.457. The number of primary amides is 1. The summed E-state index contributed by atoms with van der Waals surface area (Å²) in [4.78, 5) is 22.0. The van der Waals surface area contributed by atoms with Crippen molar-refractivity contribution < 1.29 is 9.59 Å². The zero-order valence-corrected chi connectivity index (χ0v) is 10.3. The van der Waals surface area contributed by atoms with Crippen LogP contribution in [-0.2, 0) is 4.79 Å². The summed E-state index contributed by atoms with van der Waals surface area (Å²) >= 11 is 0. The Morgan fingerprint density at radius 2 is 1.94 bits per heavy atom. The molecule has 1 aromatic rings. The SMILES string of the molecule is CCCC(=O)NCC#Cc1ccc(C(N)=O)cc1. The van der Waals surface area contributed by atoms with Crippen LogP contribution in [0.2, 0.25) is 0 Å². The van der Waals surface area contributed by atoms with Crippen molar-refractivity contribution in [2.45, 2.75) is 19.8 Å². The zero-order chi connectivity index (χ0) is 13.4. The van der Waals surface area contributed by atoms with Gasteiger partial charge in [0, 0.05) is 17.5 Å². The van der Waals surface area contributed by atoms with Gasteiger partial charge < -0.3 is 11.1 Å². The highest BCUT2D eigenvalue weighted by atomic mass is 16.1. The standard InChI is InChI=1S/C14H16N2O2/c1-2-4-13(17)16-10-3-5-11-6-8-12(9-7-11)14(15)18/h6-9H,2,4,10H2,1H3,(H2,15,18)(H,16,17). The van der Waals surface area contributed by atoms with E-state index in [2.05, 4.69) is 17.2 Å². The molecule has 4 heteroatoms. The van der Waals surface area contributed by atoms with Crippen molar-refractivity contribution >= 4 is 11.8 Å². The first-order chi connectivity index (χ1) is 8.63. The van der Waals surface area contributed by atoms with E-state index >= 15 is 0 Å². The van der Waals surface area contributed by atoms with Crippen molar-refractivity contribution in [1.82, 2.24) is 5.32 Å². The van der Waals surface area contributed by atoms with Crippen LogP contribution in [0.15, 0.2) is 24.3 Å². The zero-order valence-electron chi connectivity index (χ0n) is 10.3. The molecule has 0 heterocycles. The minimum absolute atomic E-state index is 0.0101. The highest BCUT2D eigenvalue weighted by molar-refractivity contribution is 5.92. The fraction of sp³-hybridized carbons (Fsp3) is 0.286. The smallest absolute Gasteiger partial charge is 0.248 e. The lowest BCUT2D eigenvalue weighted by molar-refractivity contribution is -0.120. The monoisotopic (exact) mass is 244 g/mol. The normalized spacial score (nSPS) is 9.17. The Morgan fingerprint density at radius 3 is 2.50 bits per heavy atom. The van der Waals surface area contributed by atoms with Crippen LogP contribution in [-0.4, -0.2) is 18.4 Å². The molecule has 2 amide bonds. The van der Waals surface area contributed by atoms with Crippen LogP contribution in [0.4, 0.5) is 0 Å². The molecule has 1 aromatic carbocycles. The van der Waals surface area contributed by atoms with Gasteiger partial charge in [-0.3, -0.25) is 9.59 Å². The quantitative estimate of drug-likeness (QED) is 0.777. The summed E-state index contributed by atoms with van der Waals surface area (Å²) in [6, 6.07) is 6.70. The van der Waals surface area contributed by atoms with Crippen LogP contribution in [0.25, 0.3) is 0 Å². The molecule has 0 fully saturated rings. The van der Waals surface area contributed by atoms with Gasteiger partial charge in [-0.05, 0) is 30.7 Å². The predicted molar refractivity (Wildman–Crippen MR) is 69.8 cm³/mol. The molecule has 18 heavy (non-hydrogen) atoms. The van der Waals surface area contributed by atoms with Crippen LogP contribution < -0.4 is 11.1 Å². The maximum absolute atomic E-state index is 11.1. The highest BCUT2D eigenvalue weighted by Gasteiger charge is 1.98. The van der Waals surface area contributed by atoms with E-state index in [-0.39, 0.29) is 5.91 Å². The van der Waals surface area contributed by atoms with Crippen molar-refractivity contribution in [2.75, 3.05) is 6.54 Å². The molecule has 3 N–H and O–H groups in total. The van der Waals surface area contributed by atoms with Crippen molar-refractivity contribution in [3.8, 4) is 11.8 Å². The van der Waals surface area contributed by atoms with E-state index in [1.165, 1.54) is 0 Å². The summed E-state index contributed by atoms with van der Waals surface area (Å²) in [5.74, 6) is 5.29. The Kier molecular flexibility index (Phi) is 5.46. The number of benzene rings is 1. The number of carbonyl (C=O) groups excluding carboxylic acids is 2. The molecule has 0 radical (unpaired) electrons. The molecule has 0 atom stereocenters. The molecular formula is C14H16N2O2. The molecule has 1 rings (SSSR count). The number of hydrogen-bond acceptors (Lipinski definition) is 2. The summed E-state index contributed by atoms with van der Waals surface area (Å²) < 4.78 is 0. The van der Waals surface area contributed by atoms with Gasteiger partial charge in [0.1, 0.15) is 0 Å². The second kappa shape index (κ2) is 7.13. The molecule has 0 bridgehead atoms. The maximum Gasteiger partial charge on any atom is 0.248 e. The van der Waals surface area contributed by atoms with Gasteiger partial charge in [-0.1, -0.05) is 18.8 Å². The second-order valence-corrected chi connectivity index (χ2v) is 3.77. The topological polar surface area (TPSA) is 72.2 Å². The van der Waals surface area contributed by atoms with E-state index in [4.69, 9.17) is 5.73 Å². The van der Waals surface area contributed by atoms with Crippen LogP contribution in [0.3, 0.4) is 0 Å². The largest absolute Gasteiger partial charge is 0.366 e. The third kappa shape index (κ3) is 4.71. The summed E-state index contributed by atoms with van der Waals surface area (Å²) in [6.07, 6.45) is 1.35. The van der Waals surface area contributed by atoms with Crippen molar-refractivity contribution in [2.24, 2.45) is 5.73 Å². The van der Waals surface area contributed by atoms with Gasteiger partial charge >= 0.3 is 0 Å². The molecule has 0 saturated heterocycles. The molecule has 0 spiro atoms. The van der Waals surface area contributed by atoms with Gasteiger partial charge in [-0.15, -0.1) is 0 Å². The maximum atomic E-state index is 11.1. The van der Waals surface area contributed by atoms with E-state index < -0.39 is 5.91 Å². The van der Waals surface area contributed by atoms with Crippen LogP contribution in [0, 0.1) is 11.8 Å². The molecule has 0 aliphatic rings. The van der Waals surface area contributed by atoms with E-state index in [9.17, 15) is 9.59 Å². The fourth-order valence-electron chi connectivity index (χ4n) is 1.32. The number of nitrogens with two attached hydrogens (primary N) is 1. The molecule has 0 aliphatic carbocycles. The van der Waals surface area contributed by atoms with Gasteiger partial charge in [-0.2, -0.15) is 0 Å². The van der Waals surface area contributed by atoms with E-state index in [0.29, 0.717) is 18.5 Å². The predicted octanol–water partition coefficient (Wildman–Crippen LogP) is 1.05. The minimum Gasteiger partial charge on any atom is -0.366 e. The summed E-state index contributed by atoms with van der Waals surface area (Å²) in [6.45, 7) is 2.28. The molecule has 0 aliphatic heterocycles. The number of nitrogens with one attached hydrogen (secondary N) is 1. The first-order valence-electron chi connectivity index (χ1n) is 5.79. The fourth-order valence-corrected chi connectivity index (χ4v) is 1.32. The number of hydrogen-bond donors (Lipinski definition) is 2. The average molecular weight is 244 g/mol. The van der Waals surface area contributed by atoms with Gasteiger partial charge in [0.2, 0.25) is 11.8 Å². The van der Waals surface area contributed by atoms with Crippen LogP contribution in [0.5, 0.6) is 0 Å². The Morgan fingerprint density at radius 1 is 1.28 bits per heavy atom. The lowest BCUT2D eigenvalue weighted by Crippen LogP contribution is -2.22. The highest BCUT2D eigenvalue weighted by Crippen LogP contribution is 2.01. The number of carbonyl (C=O) groups is 2. The Balaban J connectivity index is 2.48. The van der Waals surface area contributed by atoms with E-state index in [1.807, 2.05) is 6.92 Å². The first-order valence-corrected chi connectivity index (χ1v) is 5.79. The summed E-state index contributed by atoms with van der Waals surface area (Å²) in [7, 11) is 0. The summed E-state index contributed by atoms with van der Waals surface area (Å²) in [5, 5.41) is 2.70. The van der Waals surface area contributed by atoms with Gasteiger partial charge in [-0.25, -0.2) is 0 Å². The number of rotatable bonds is 4. The Bertz CT molecular complexity index is 481. The second-order valence-electron chi connectivity index (χ2n) is 3.77. The van der Waals surface area contributed by atoms with Gasteiger partial charge in [0.05, 0.1) is 6.54 Å². The van der Waals surface area contributed by atoms with E-state index in [0.717, 1.165) is 12.0 Å². The van der Waals surface area contributed by atoms with Crippen molar-refractivity contribution in [3.05, 3.63) is 35.4 Å². The van der Waals surface area contributed by atoms with Gasteiger partial charge in [0.15, 0.2) is 0 Å². The third-order valence-corrected chi connectivity index (χ3v) is 2.25. The Labute approximate surface area is 107 Å². The molecule has 94 valence electrons. The van der Waals surface area contributed by atoms with Crippen LogP contribution in [0.1, 0.15) is 35.7 Å². The van der Waals surface area contributed by atoms with Gasteiger partial charge in [0.25, 0.3) is 0 Å². The summed E-state index contributed by atoms with van der Waals surface area (Å²) in [5.41, 5.74) is 6.36. The van der Waals surface area contributed by atoms with E-state index in [1.54, 1.807) is 24.3 Å². The Hall–Kier alpha value is -2.28. The molecule has 4 nitrogen and oxygen atoms in total. The third-order valence-electron chi connectivity index (χ3n) is 2.25. The molecule has 0 saturated carbocycles. The van der Waals surface area contributed by atoms with Crippen molar-refractivity contribution in [1.29, 1.82) is 0 Å². The first kappa shape index (κ1) is 13.8.